The average molecular weight is 304 g/mol. The molecule has 3 heterocycles. The van der Waals surface area contributed by atoms with Crippen LogP contribution in [0.5, 0.6) is 0 Å². The second-order valence-corrected chi connectivity index (χ2v) is 5.04. The molecular formula is C14H16N4O4. The Bertz CT molecular complexity index is 692. The summed E-state index contributed by atoms with van der Waals surface area (Å²) in [4.78, 5) is 25.2. The minimum atomic E-state index is -1.06. The van der Waals surface area contributed by atoms with Crippen LogP contribution in [0.2, 0.25) is 0 Å². The number of ether oxygens (including phenoxy) is 1. The molecule has 0 bridgehead atoms. The number of morpholine rings is 1. The van der Waals surface area contributed by atoms with Crippen molar-refractivity contribution in [2.75, 3.05) is 19.7 Å². The Hall–Kier alpha value is -2.61. The van der Waals surface area contributed by atoms with Crippen LogP contribution in [0.4, 0.5) is 0 Å². The number of carboxylic acid groups (broad SMARTS) is 1. The van der Waals surface area contributed by atoms with Gasteiger partial charge in [-0.15, -0.1) is 0 Å². The highest BCUT2D eigenvalue weighted by molar-refractivity contribution is 5.97. The lowest BCUT2D eigenvalue weighted by Gasteiger charge is -2.30. The molecule has 0 spiro atoms. The van der Waals surface area contributed by atoms with Crippen molar-refractivity contribution < 1.29 is 19.4 Å². The molecule has 0 aliphatic carbocycles. The van der Waals surface area contributed by atoms with E-state index in [1.165, 1.54) is 11.1 Å². The molecule has 22 heavy (non-hydrogen) atoms. The lowest BCUT2D eigenvalue weighted by molar-refractivity contribution is -0.154. The van der Waals surface area contributed by atoms with Gasteiger partial charge in [-0.1, -0.05) is 0 Å². The number of aromatic nitrogens is 3. The Kier molecular flexibility index (Phi) is 3.68. The summed E-state index contributed by atoms with van der Waals surface area (Å²) in [5.41, 5.74) is 0.435. The van der Waals surface area contributed by atoms with Gasteiger partial charge in [-0.3, -0.25) is 9.48 Å². The van der Waals surface area contributed by atoms with Gasteiger partial charge in [-0.05, 0) is 12.1 Å². The largest absolute Gasteiger partial charge is 0.479 e. The molecule has 1 N–H and O–H groups in total. The van der Waals surface area contributed by atoms with Crippen molar-refractivity contribution in [1.29, 1.82) is 0 Å². The van der Waals surface area contributed by atoms with Crippen molar-refractivity contribution in [3.63, 3.8) is 0 Å². The molecule has 1 aliphatic heterocycles. The predicted octanol–water partition coefficient (Wildman–Crippen LogP) is 0.136. The van der Waals surface area contributed by atoms with Gasteiger partial charge in [-0.25, -0.2) is 4.79 Å². The zero-order valence-corrected chi connectivity index (χ0v) is 12.0. The third kappa shape index (κ3) is 2.48. The van der Waals surface area contributed by atoms with Gasteiger partial charge in [0, 0.05) is 26.0 Å². The van der Waals surface area contributed by atoms with Gasteiger partial charge in [0.1, 0.15) is 11.4 Å². The van der Waals surface area contributed by atoms with E-state index < -0.39 is 12.1 Å². The lowest BCUT2D eigenvalue weighted by atomic mass is 10.2. The van der Waals surface area contributed by atoms with E-state index in [0.29, 0.717) is 17.9 Å². The van der Waals surface area contributed by atoms with Crippen LogP contribution in [0.1, 0.15) is 10.4 Å². The number of aryl methyl sites for hydroxylation is 1. The number of amides is 1. The fraction of sp³-hybridized carbons (Fsp3) is 0.357. The molecule has 8 heteroatoms. The van der Waals surface area contributed by atoms with Crippen molar-refractivity contribution in [1.82, 2.24) is 19.2 Å². The van der Waals surface area contributed by atoms with Gasteiger partial charge in [0.25, 0.3) is 5.91 Å². The van der Waals surface area contributed by atoms with Crippen molar-refractivity contribution in [2.24, 2.45) is 7.05 Å². The number of nitrogens with zero attached hydrogens (tertiary/aromatic N) is 4. The number of rotatable bonds is 3. The molecule has 0 aromatic carbocycles. The zero-order chi connectivity index (χ0) is 15.7. The number of carbonyl (C=O) groups excluding carboxylic acids is 1. The van der Waals surface area contributed by atoms with Gasteiger partial charge >= 0.3 is 5.97 Å². The molecule has 1 unspecified atom stereocenters. The molecule has 1 atom stereocenters. The summed E-state index contributed by atoms with van der Waals surface area (Å²) in [6, 6.07) is 3.72. The van der Waals surface area contributed by atoms with Crippen LogP contribution < -0.4 is 0 Å². The minimum Gasteiger partial charge on any atom is -0.479 e. The normalized spacial score (nSPS) is 18.4. The maximum atomic E-state index is 12.7. The first-order valence-corrected chi connectivity index (χ1v) is 6.87. The summed E-state index contributed by atoms with van der Waals surface area (Å²) in [5.74, 6) is -0.658. The van der Waals surface area contributed by atoms with Crippen molar-refractivity contribution >= 4 is 11.9 Å². The first-order valence-electron chi connectivity index (χ1n) is 6.87. The van der Waals surface area contributed by atoms with E-state index in [2.05, 4.69) is 5.10 Å². The molecule has 2 aromatic heterocycles. The minimum absolute atomic E-state index is 0.0359. The summed E-state index contributed by atoms with van der Waals surface area (Å²) >= 11 is 0. The smallest absolute Gasteiger partial charge is 0.334 e. The van der Waals surface area contributed by atoms with Crippen LogP contribution >= 0.6 is 0 Å². The fourth-order valence-corrected chi connectivity index (χ4v) is 2.52. The van der Waals surface area contributed by atoms with E-state index in [0.717, 1.165) is 0 Å². The van der Waals surface area contributed by atoms with Crippen LogP contribution in [0.15, 0.2) is 30.7 Å². The number of hydrogen-bond acceptors (Lipinski definition) is 4. The number of aliphatic carboxylic acids is 1. The molecule has 8 nitrogen and oxygen atoms in total. The standard InChI is InChI=1S/C14H16N4O4/c1-16-12(17-4-2-3-5-17)10(8-15-16)13(19)18-6-7-22-11(9-18)14(20)21/h2-5,8,11H,6-7,9H2,1H3,(H,20,21). The summed E-state index contributed by atoms with van der Waals surface area (Å²) in [5, 5.41) is 13.2. The number of carboxylic acids is 1. The second kappa shape index (κ2) is 5.64. The average Bonchev–Trinajstić information content (AvgIpc) is 3.15. The van der Waals surface area contributed by atoms with Gasteiger partial charge < -0.3 is 19.3 Å². The first kappa shape index (κ1) is 14.3. The highest BCUT2D eigenvalue weighted by Crippen LogP contribution is 2.18. The lowest BCUT2D eigenvalue weighted by Crippen LogP contribution is -2.48. The first-order chi connectivity index (χ1) is 10.6. The Labute approximate surface area is 126 Å². The van der Waals surface area contributed by atoms with E-state index in [1.54, 1.807) is 16.3 Å². The van der Waals surface area contributed by atoms with Crippen molar-refractivity contribution in [3.8, 4) is 5.82 Å². The molecule has 1 aliphatic rings. The van der Waals surface area contributed by atoms with Crippen LogP contribution in [0.25, 0.3) is 5.82 Å². The topological polar surface area (TPSA) is 89.6 Å². The number of carbonyl (C=O) groups is 2. The highest BCUT2D eigenvalue weighted by Gasteiger charge is 2.31. The Morgan fingerprint density at radius 3 is 2.77 bits per heavy atom. The Balaban J connectivity index is 1.88. The number of hydrogen-bond donors (Lipinski definition) is 1. The molecular weight excluding hydrogens is 288 g/mol. The Morgan fingerprint density at radius 2 is 2.09 bits per heavy atom. The van der Waals surface area contributed by atoms with E-state index in [4.69, 9.17) is 9.84 Å². The molecule has 0 radical (unpaired) electrons. The quantitative estimate of drug-likeness (QED) is 0.871. The molecule has 2 aromatic rings. The maximum Gasteiger partial charge on any atom is 0.334 e. The fourth-order valence-electron chi connectivity index (χ4n) is 2.52. The Morgan fingerprint density at radius 1 is 1.36 bits per heavy atom. The maximum absolute atomic E-state index is 12.7. The second-order valence-electron chi connectivity index (χ2n) is 5.04. The van der Waals surface area contributed by atoms with Gasteiger partial charge in [0.15, 0.2) is 6.10 Å². The van der Waals surface area contributed by atoms with Gasteiger partial charge in [0.2, 0.25) is 0 Å². The van der Waals surface area contributed by atoms with Gasteiger partial charge in [0.05, 0.1) is 19.3 Å². The van der Waals surface area contributed by atoms with Crippen LogP contribution in [0, 0.1) is 0 Å². The van der Waals surface area contributed by atoms with Crippen LogP contribution in [0.3, 0.4) is 0 Å². The summed E-state index contributed by atoms with van der Waals surface area (Å²) in [7, 11) is 1.76. The molecule has 1 fully saturated rings. The van der Waals surface area contributed by atoms with Crippen LogP contribution in [-0.2, 0) is 16.6 Å². The molecule has 116 valence electrons. The summed E-state index contributed by atoms with van der Waals surface area (Å²) in [6.45, 7) is 0.610. The molecule has 1 amide bonds. The highest BCUT2D eigenvalue weighted by atomic mass is 16.5. The third-order valence-electron chi connectivity index (χ3n) is 3.62. The predicted molar refractivity (Wildman–Crippen MR) is 75.8 cm³/mol. The SMILES string of the molecule is Cn1ncc(C(=O)N2CCOC(C(=O)O)C2)c1-n1cccc1. The monoisotopic (exact) mass is 304 g/mol. The van der Waals surface area contributed by atoms with Gasteiger partial charge in [-0.2, -0.15) is 5.10 Å². The summed E-state index contributed by atoms with van der Waals surface area (Å²) < 4.78 is 8.56. The van der Waals surface area contributed by atoms with E-state index in [-0.39, 0.29) is 19.1 Å². The van der Waals surface area contributed by atoms with Crippen molar-refractivity contribution in [3.05, 3.63) is 36.3 Å². The molecule has 0 saturated carbocycles. The molecule has 1 saturated heterocycles. The zero-order valence-electron chi connectivity index (χ0n) is 12.0. The van der Waals surface area contributed by atoms with Crippen molar-refractivity contribution in [2.45, 2.75) is 6.10 Å². The van der Waals surface area contributed by atoms with E-state index >= 15 is 0 Å². The van der Waals surface area contributed by atoms with Crippen LogP contribution in [-0.4, -0.2) is 62.0 Å². The summed E-state index contributed by atoms with van der Waals surface area (Å²) in [6.07, 6.45) is 4.17. The van der Waals surface area contributed by atoms with E-state index in [1.807, 2.05) is 24.5 Å². The van der Waals surface area contributed by atoms with E-state index in [9.17, 15) is 9.59 Å². The molecule has 3 rings (SSSR count). The third-order valence-corrected chi connectivity index (χ3v) is 3.62.